The summed E-state index contributed by atoms with van der Waals surface area (Å²) >= 11 is 1.47. The molecule has 3 nitrogen and oxygen atoms in total. The third-order valence-corrected chi connectivity index (χ3v) is 4.34. The van der Waals surface area contributed by atoms with Crippen LogP contribution in [-0.2, 0) is 0 Å². The molecular weight excluding hydrogens is 258 g/mol. The molecule has 0 saturated carbocycles. The number of benzene rings is 1. The van der Waals surface area contributed by atoms with Gasteiger partial charge in [-0.15, -0.1) is 11.3 Å². The highest BCUT2D eigenvalue weighted by Gasteiger charge is 2.30. The summed E-state index contributed by atoms with van der Waals surface area (Å²) < 4.78 is 1.94. The number of hydrogen-bond donors (Lipinski definition) is 1. The van der Waals surface area contributed by atoms with E-state index in [1.807, 2.05) is 40.4 Å². The second-order valence-electron chi connectivity index (χ2n) is 4.47. The zero-order valence-electron chi connectivity index (χ0n) is 9.83. The molecule has 3 heterocycles. The van der Waals surface area contributed by atoms with Crippen molar-refractivity contribution in [2.24, 2.45) is 0 Å². The minimum absolute atomic E-state index is 0.0926. The topological polar surface area (TPSA) is 42.2 Å². The molecule has 1 aliphatic heterocycles. The largest absolute Gasteiger partial charge is 0.508 e. The van der Waals surface area contributed by atoms with E-state index in [0.717, 1.165) is 27.4 Å². The van der Waals surface area contributed by atoms with E-state index >= 15 is 0 Å². The molecule has 0 saturated heterocycles. The first-order valence-electron chi connectivity index (χ1n) is 5.89. The summed E-state index contributed by atoms with van der Waals surface area (Å²) in [6, 6.07) is 10.8. The highest BCUT2D eigenvalue weighted by molar-refractivity contribution is 7.13. The molecule has 3 aromatic rings. The predicted octanol–water partition coefficient (Wildman–Crippen LogP) is 3.46. The number of fused-ring (bicyclic) bond motifs is 3. The SMILES string of the molecule is O=C1c2scc(-c3ccc(O)cc3)c2-n2cccc21. The lowest BCUT2D eigenvalue weighted by molar-refractivity contribution is 0.104. The van der Waals surface area contributed by atoms with Crippen molar-refractivity contribution in [1.82, 2.24) is 4.57 Å². The van der Waals surface area contributed by atoms with Crippen LogP contribution >= 0.6 is 11.3 Å². The van der Waals surface area contributed by atoms with Gasteiger partial charge in [-0.3, -0.25) is 4.79 Å². The highest BCUT2D eigenvalue weighted by atomic mass is 32.1. The van der Waals surface area contributed by atoms with Crippen molar-refractivity contribution in [3.63, 3.8) is 0 Å². The lowest BCUT2D eigenvalue weighted by atomic mass is 10.1. The van der Waals surface area contributed by atoms with Crippen LogP contribution in [-0.4, -0.2) is 15.5 Å². The fourth-order valence-corrected chi connectivity index (χ4v) is 3.49. The number of carbonyl (C=O) groups excluding carboxylic acids is 1. The number of aromatic hydroxyl groups is 1. The van der Waals surface area contributed by atoms with Gasteiger partial charge in [0.25, 0.3) is 0 Å². The minimum Gasteiger partial charge on any atom is -0.508 e. The molecule has 0 radical (unpaired) electrons. The maximum absolute atomic E-state index is 12.2. The normalized spacial score (nSPS) is 12.5. The monoisotopic (exact) mass is 267 g/mol. The molecular formula is C15H9NO2S. The molecule has 19 heavy (non-hydrogen) atoms. The van der Waals surface area contributed by atoms with Crippen LogP contribution in [0.15, 0.2) is 48.0 Å². The average molecular weight is 267 g/mol. The Morgan fingerprint density at radius 3 is 2.68 bits per heavy atom. The molecule has 1 aromatic carbocycles. The summed E-state index contributed by atoms with van der Waals surface area (Å²) in [7, 11) is 0. The van der Waals surface area contributed by atoms with E-state index in [4.69, 9.17) is 0 Å². The van der Waals surface area contributed by atoms with Crippen LogP contribution in [0.1, 0.15) is 15.4 Å². The first kappa shape index (κ1) is 10.6. The maximum Gasteiger partial charge on any atom is 0.221 e. The molecule has 0 bridgehead atoms. The number of thiophene rings is 1. The van der Waals surface area contributed by atoms with Crippen molar-refractivity contribution < 1.29 is 9.90 Å². The number of phenols is 1. The third-order valence-electron chi connectivity index (χ3n) is 3.37. The van der Waals surface area contributed by atoms with Gasteiger partial charge in [0.1, 0.15) is 10.6 Å². The number of ketones is 1. The van der Waals surface area contributed by atoms with Crippen molar-refractivity contribution in [1.29, 1.82) is 0 Å². The summed E-state index contributed by atoms with van der Waals surface area (Å²) in [6.07, 6.45) is 1.91. The van der Waals surface area contributed by atoms with Crippen LogP contribution in [0.2, 0.25) is 0 Å². The Morgan fingerprint density at radius 1 is 1.11 bits per heavy atom. The van der Waals surface area contributed by atoms with E-state index in [-0.39, 0.29) is 11.5 Å². The number of nitrogens with zero attached hydrogens (tertiary/aromatic N) is 1. The smallest absolute Gasteiger partial charge is 0.221 e. The molecule has 0 aliphatic carbocycles. The second kappa shape index (κ2) is 3.59. The van der Waals surface area contributed by atoms with E-state index < -0.39 is 0 Å². The van der Waals surface area contributed by atoms with Crippen LogP contribution in [0.25, 0.3) is 16.8 Å². The van der Waals surface area contributed by atoms with Gasteiger partial charge in [-0.2, -0.15) is 0 Å². The van der Waals surface area contributed by atoms with Gasteiger partial charge in [-0.05, 0) is 29.8 Å². The van der Waals surface area contributed by atoms with E-state index in [1.165, 1.54) is 11.3 Å². The van der Waals surface area contributed by atoms with Crippen molar-refractivity contribution in [3.8, 4) is 22.6 Å². The molecule has 4 heteroatoms. The molecule has 0 fully saturated rings. The van der Waals surface area contributed by atoms with Crippen LogP contribution in [0, 0.1) is 0 Å². The molecule has 2 aromatic heterocycles. The van der Waals surface area contributed by atoms with Crippen molar-refractivity contribution in [2.45, 2.75) is 0 Å². The van der Waals surface area contributed by atoms with Gasteiger partial charge in [0.15, 0.2) is 0 Å². The van der Waals surface area contributed by atoms with E-state index in [2.05, 4.69) is 0 Å². The van der Waals surface area contributed by atoms with Gasteiger partial charge >= 0.3 is 0 Å². The Kier molecular flexibility index (Phi) is 2.00. The van der Waals surface area contributed by atoms with Gasteiger partial charge in [0.05, 0.1) is 11.4 Å². The Labute approximate surface area is 113 Å². The number of hydrogen-bond acceptors (Lipinski definition) is 3. The molecule has 4 rings (SSSR count). The Balaban J connectivity index is 1.97. The van der Waals surface area contributed by atoms with Gasteiger partial charge in [0.2, 0.25) is 5.78 Å². The molecule has 0 atom stereocenters. The van der Waals surface area contributed by atoms with Crippen LogP contribution < -0.4 is 0 Å². The summed E-state index contributed by atoms with van der Waals surface area (Å²) in [5, 5.41) is 11.4. The summed E-state index contributed by atoms with van der Waals surface area (Å²) in [5.41, 5.74) is 3.72. The fourth-order valence-electron chi connectivity index (χ4n) is 2.48. The van der Waals surface area contributed by atoms with Crippen molar-refractivity contribution in [2.75, 3.05) is 0 Å². The maximum atomic E-state index is 12.2. The predicted molar refractivity (Wildman–Crippen MR) is 74.2 cm³/mol. The number of phenolic OH excluding ortho intramolecular Hbond substituents is 1. The number of carbonyl (C=O) groups is 1. The summed E-state index contributed by atoms with van der Waals surface area (Å²) in [4.78, 5) is 13.0. The Bertz CT molecular complexity index is 796. The lowest BCUT2D eigenvalue weighted by Crippen LogP contribution is -1.94. The highest BCUT2D eigenvalue weighted by Crippen LogP contribution is 2.41. The Morgan fingerprint density at radius 2 is 1.89 bits per heavy atom. The first-order chi connectivity index (χ1) is 9.25. The van der Waals surface area contributed by atoms with Gasteiger partial charge in [-0.25, -0.2) is 0 Å². The zero-order valence-corrected chi connectivity index (χ0v) is 10.6. The van der Waals surface area contributed by atoms with E-state index in [0.29, 0.717) is 0 Å². The lowest BCUT2D eigenvalue weighted by Gasteiger charge is -2.04. The second-order valence-corrected chi connectivity index (χ2v) is 5.35. The third kappa shape index (κ3) is 1.34. The molecule has 0 unspecified atom stereocenters. The molecule has 92 valence electrons. The zero-order chi connectivity index (χ0) is 13.0. The minimum atomic E-state index is 0.0926. The van der Waals surface area contributed by atoms with E-state index in [9.17, 15) is 9.90 Å². The van der Waals surface area contributed by atoms with Gasteiger partial charge in [-0.1, -0.05) is 12.1 Å². The molecule has 1 aliphatic rings. The number of aromatic nitrogens is 1. The number of rotatable bonds is 1. The quantitative estimate of drug-likeness (QED) is 0.574. The van der Waals surface area contributed by atoms with Crippen LogP contribution in [0.3, 0.4) is 0 Å². The van der Waals surface area contributed by atoms with Crippen molar-refractivity contribution >= 4 is 17.1 Å². The summed E-state index contributed by atoms with van der Waals surface area (Å²) in [6.45, 7) is 0. The first-order valence-corrected chi connectivity index (χ1v) is 6.77. The standard InChI is InChI=1S/C15H9NO2S/c17-10-5-3-9(4-6-10)11-8-19-15-13(11)16-7-1-2-12(16)14(15)18/h1-8,17H. The Hall–Kier alpha value is -2.33. The van der Waals surface area contributed by atoms with Gasteiger partial charge < -0.3 is 9.67 Å². The molecule has 0 spiro atoms. The molecule has 1 N–H and O–H groups in total. The van der Waals surface area contributed by atoms with Gasteiger partial charge in [0, 0.05) is 17.1 Å². The summed E-state index contributed by atoms with van der Waals surface area (Å²) in [5.74, 6) is 0.336. The fraction of sp³-hybridized carbons (Fsp3) is 0. The van der Waals surface area contributed by atoms with Crippen LogP contribution in [0.5, 0.6) is 5.75 Å². The average Bonchev–Trinajstić information content (AvgIpc) is 3.08. The molecule has 0 amide bonds. The van der Waals surface area contributed by atoms with E-state index in [1.54, 1.807) is 12.1 Å². The van der Waals surface area contributed by atoms with Crippen LogP contribution in [0.4, 0.5) is 0 Å². The van der Waals surface area contributed by atoms with Crippen molar-refractivity contribution in [3.05, 3.63) is 58.5 Å².